The minimum Gasteiger partial charge on any atom is -0.392 e. The van der Waals surface area contributed by atoms with Gasteiger partial charge in [0.15, 0.2) is 0 Å². The molecule has 1 aliphatic carbocycles. The Hall–Kier alpha value is -0.120. The van der Waals surface area contributed by atoms with E-state index in [2.05, 4.69) is 18.7 Å². The average molecular weight is 241 g/mol. The van der Waals surface area contributed by atoms with Gasteiger partial charge < -0.3 is 9.84 Å². The van der Waals surface area contributed by atoms with Crippen molar-refractivity contribution < 1.29 is 9.84 Å². The Labute approximate surface area is 105 Å². The number of β-amino-alcohol motifs (C(OH)–C–C–N with tert-alkyl or cyclic N) is 1. The summed E-state index contributed by atoms with van der Waals surface area (Å²) >= 11 is 0. The molecule has 1 aliphatic heterocycles. The second kappa shape index (κ2) is 5.68. The average Bonchev–Trinajstić information content (AvgIpc) is 2.33. The van der Waals surface area contributed by atoms with Gasteiger partial charge >= 0.3 is 0 Å². The number of morpholine rings is 1. The number of rotatable bonds is 3. The van der Waals surface area contributed by atoms with Crippen molar-refractivity contribution in [1.82, 2.24) is 4.90 Å². The fraction of sp³-hybridized carbons (Fsp3) is 1.00. The Kier molecular flexibility index (Phi) is 4.45. The van der Waals surface area contributed by atoms with Crippen LogP contribution in [0.1, 0.15) is 46.0 Å². The number of aliphatic hydroxyl groups excluding tert-OH is 1. The van der Waals surface area contributed by atoms with Gasteiger partial charge in [0.25, 0.3) is 0 Å². The second-order valence-corrected chi connectivity index (χ2v) is 6.28. The van der Waals surface area contributed by atoms with Gasteiger partial charge in [-0.15, -0.1) is 0 Å². The zero-order valence-electron chi connectivity index (χ0n) is 11.3. The number of ether oxygens (including phenoxy) is 1. The molecule has 100 valence electrons. The van der Waals surface area contributed by atoms with Crippen LogP contribution in [0.2, 0.25) is 0 Å². The maximum atomic E-state index is 10.4. The van der Waals surface area contributed by atoms with Gasteiger partial charge in [-0.2, -0.15) is 0 Å². The van der Waals surface area contributed by atoms with Crippen molar-refractivity contribution in [2.75, 3.05) is 26.3 Å². The maximum Gasteiger partial charge on any atom is 0.0695 e. The van der Waals surface area contributed by atoms with Crippen LogP contribution in [0.4, 0.5) is 0 Å². The molecule has 0 radical (unpaired) electrons. The standard InChI is InChI=1S/C14H27NO2/c1-14(2)11-17-9-8-15(14)10-13(16)12-6-4-3-5-7-12/h12-13,16H,3-11H2,1-2H3. The van der Waals surface area contributed by atoms with Crippen LogP contribution in [0.25, 0.3) is 0 Å². The molecule has 1 unspecified atom stereocenters. The number of nitrogens with zero attached hydrogens (tertiary/aromatic N) is 1. The van der Waals surface area contributed by atoms with Gasteiger partial charge in [0, 0.05) is 18.6 Å². The van der Waals surface area contributed by atoms with Crippen LogP contribution in [0.15, 0.2) is 0 Å². The van der Waals surface area contributed by atoms with Gasteiger partial charge in [0.1, 0.15) is 0 Å². The lowest BCUT2D eigenvalue weighted by Gasteiger charge is -2.44. The first-order chi connectivity index (χ1) is 8.09. The Bertz CT molecular complexity index is 236. The lowest BCUT2D eigenvalue weighted by molar-refractivity contribution is -0.0749. The van der Waals surface area contributed by atoms with E-state index in [4.69, 9.17) is 4.74 Å². The van der Waals surface area contributed by atoms with Gasteiger partial charge in [-0.1, -0.05) is 19.3 Å². The van der Waals surface area contributed by atoms with E-state index in [1.165, 1.54) is 32.1 Å². The van der Waals surface area contributed by atoms with Crippen LogP contribution in [0, 0.1) is 5.92 Å². The Morgan fingerprint density at radius 1 is 1.29 bits per heavy atom. The molecule has 1 atom stereocenters. The molecule has 0 bridgehead atoms. The van der Waals surface area contributed by atoms with Crippen LogP contribution in [-0.4, -0.2) is 48.0 Å². The molecular weight excluding hydrogens is 214 g/mol. The summed E-state index contributed by atoms with van der Waals surface area (Å²) in [4.78, 5) is 2.40. The molecule has 2 rings (SSSR count). The number of hydrogen-bond acceptors (Lipinski definition) is 3. The fourth-order valence-corrected chi connectivity index (χ4v) is 3.12. The minimum atomic E-state index is -0.146. The number of aliphatic hydroxyl groups is 1. The largest absolute Gasteiger partial charge is 0.392 e. The lowest BCUT2D eigenvalue weighted by atomic mass is 9.84. The van der Waals surface area contributed by atoms with Crippen LogP contribution in [0.5, 0.6) is 0 Å². The third-order valence-electron chi connectivity index (χ3n) is 4.42. The summed E-state index contributed by atoms with van der Waals surface area (Å²) in [6, 6.07) is 0. The molecule has 1 saturated carbocycles. The fourth-order valence-electron chi connectivity index (χ4n) is 3.12. The quantitative estimate of drug-likeness (QED) is 0.821. The van der Waals surface area contributed by atoms with Crippen molar-refractivity contribution in [1.29, 1.82) is 0 Å². The molecule has 0 spiro atoms. The summed E-state index contributed by atoms with van der Waals surface area (Å²) < 4.78 is 5.52. The topological polar surface area (TPSA) is 32.7 Å². The molecule has 1 heterocycles. The van der Waals surface area contributed by atoms with Crippen molar-refractivity contribution in [2.45, 2.75) is 57.6 Å². The molecule has 0 aromatic heterocycles. The summed E-state index contributed by atoms with van der Waals surface area (Å²) in [6.07, 6.45) is 6.24. The lowest BCUT2D eigenvalue weighted by Crippen LogP contribution is -2.55. The van der Waals surface area contributed by atoms with E-state index in [1.54, 1.807) is 0 Å². The Morgan fingerprint density at radius 3 is 2.65 bits per heavy atom. The third kappa shape index (κ3) is 3.43. The summed E-state index contributed by atoms with van der Waals surface area (Å²) in [5.74, 6) is 0.530. The van der Waals surface area contributed by atoms with Crippen LogP contribution in [0.3, 0.4) is 0 Å². The van der Waals surface area contributed by atoms with E-state index >= 15 is 0 Å². The first kappa shape index (κ1) is 13.3. The first-order valence-electron chi connectivity index (χ1n) is 7.10. The van der Waals surface area contributed by atoms with Crippen LogP contribution >= 0.6 is 0 Å². The predicted molar refractivity (Wildman–Crippen MR) is 69.1 cm³/mol. The highest BCUT2D eigenvalue weighted by atomic mass is 16.5. The normalized spacial score (nSPS) is 29.1. The van der Waals surface area contributed by atoms with E-state index < -0.39 is 0 Å². The Balaban J connectivity index is 1.85. The van der Waals surface area contributed by atoms with Gasteiger partial charge in [-0.05, 0) is 32.6 Å². The zero-order chi connectivity index (χ0) is 12.3. The van der Waals surface area contributed by atoms with Gasteiger partial charge in [-0.3, -0.25) is 4.90 Å². The zero-order valence-corrected chi connectivity index (χ0v) is 11.3. The SMILES string of the molecule is CC1(C)COCCN1CC(O)C1CCCCC1. The minimum absolute atomic E-state index is 0.0773. The molecule has 3 nitrogen and oxygen atoms in total. The molecule has 1 N–H and O–H groups in total. The van der Waals surface area contributed by atoms with Crippen molar-refractivity contribution in [3.05, 3.63) is 0 Å². The molecule has 0 amide bonds. The van der Waals surface area contributed by atoms with Gasteiger partial charge in [0.05, 0.1) is 19.3 Å². The van der Waals surface area contributed by atoms with E-state index in [-0.39, 0.29) is 11.6 Å². The van der Waals surface area contributed by atoms with E-state index in [9.17, 15) is 5.11 Å². The third-order valence-corrected chi connectivity index (χ3v) is 4.42. The van der Waals surface area contributed by atoms with E-state index in [0.29, 0.717) is 5.92 Å². The van der Waals surface area contributed by atoms with Crippen LogP contribution < -0.4 is 0 Å². The summed E-state index contributed by atoms with van der Waals surface area (Å²) in [5.41, 5.74) is 0.0773. The van der Waals surface area contributed by atoms with E-state index in [1.807, 2.05) is 0 Å². The predicted octanol–water partition coefficient (Wildman–Crippen LogP) is 2.04. The molecule has 3 heteroatoms. The smallest absolute Gasteiger partial charge is 0.0695 e. The first-order valence-corrected chi connectivity index (χ1v) is 7.10. The van der Waals surface area contributed by atoms with E-state index in [0.717, 1.165) is 26.3 Å². The highest BCUT2D eigenvalue weighted by molar-refractivity contribution is 4.87. The van der Waals surface area contributed by atoms with Crippen molar-refractivity contribution in [3.8, 4) is 0 Å². The maximum absolute atomic E-state index is 10.4. The molecule has 17 heavy (non-hydrogen) atoms. The van der Waals surface area contributed by atoms with Crippen molar-refractivity contribution in [3.63, 3.8) is 0 Å². The monoisotopic (exact) mass is 241 g/mol. The van der Waals surface area contributed by atoms with Crippen LogP contribution in [-0.2, 0) is 4.74 Å². The highest BCUT2D eigenvalue weighted by Gasteiger charge is 2.33. The summed E-state index contributed by atoms with van der Waals surface area (Å²) in [5, 5.41) is 10.4. The Morgan fingerprint density at radius 2 is 2.00 bits per heavy atom. The summed E-state index contributed by atoms with van der Waals surface area (Å²) in [7, 11) is 0. The molecule has 1 saturated heterocycles. The molecule has 0 aromatic rings. The van der Waals surface area contributed by atoms with Crippen molar-refractivity contribution in [2.24, 2.45) is 5.92 Å². The number of hydrogen-bond donors (Lipinski definition) is 1. The van der Waals surface area contributed by atoms with Gasteiger partial charge in [0.2, 0.25) is 0 Å². The van der Waals surface area contributed by atoms with Crippen molar-refractivity contribution >= 4 is 0 Å². The molecule has 2 fully saturated rings. The molecule has 2 aliphatic rings. The molecular formula is C14H27NO2. The molecule has 0 aromatic carbocycles. The second-order valence-electron chi connectivity index (χ2n) is 6.28. The highest BCUT2D eigenvalue weighted by Crippen LogP contribution is 2.28. The summed E-state index contributed by atoms with van der Waals surface area (Å²) in [6.45, 7) is 7.78. The van der Waals surface area contributed by atoms with Gasteiger partial charge in [-0.25, -0.2) is 0 Å².